The SMILES string of the molecule is CCNC(=NCCC(=O)NCc1ccccc1)NC1CN(C(=O)OC(C)(C)C)C1.I. The maximum atomic E-state index is 12.0. The Labute approximate surface area is 196 Å². The van der Waals surface area contributed by atoms with Gasteiger partial charge in [-0.15, -0.1) is 24.0 Å². The van der Waals surface area contributed by atoms with Crippen LogP contribution in [0.4, 0.5) is 4.79 Å². The molecule has 1 fully saturated rings. The maximum absolute atomic E-state index is 12.0. The first kappa shape index (κ1) is 26.0. The second kappa shape index (κ2) is 12.6. The van der Waals surface area contributed by atoms with Gasteiger partial charge in [0, 0.05) is 32.6 Å². The van der Waals surface area contributed by atoms with E-state index in [-0.39, 0.29) is 42.0 Å². The highest BCUT2D eigenvalue weighted by Gasteiger charge is 2.34. The number of ether oxygens (including phenoxy) is 1. The Hall–Kier alpha value is -2.04. The fourth-order valence-corrected chi connectivity index (χ4v) is 2.71. The fourth-order valence-electron chi connectivity index (χ4n) is 2.71. The van der Waals surface area contributed by atoms with Gasteiger partial charge in [0.05, 0.1) is 12.6 Å². The molecular weight excluding hydrogens is 497 g/mol. The molecule has 2 rings (SSSR count). The van der Waals surface area contributed by atoms with Crippen molar-refractivity contribution in [3.05, 3.63) is 35.9 Å². The average Bonchev–Trinajstić information content (AvgIpc) is 2.61. The van der Waals surface area contributed by atoms with Crippen molar-refractivity contribution in [1.82, 2.24) is 20.9 Å². The van der Waals surface area contributed by atoms with Gasteiger partial charge in [-0.25, -0.2) is 4.79 Å². The molecule has 168 valence electrons. The minimum atomic E-state index is -0.493. The molecule has 0 spiro atoms. The van der Waals surface area contributed by atoms with Gasteiger partial charge in [-0.3, -0.25) is 9.79 Å². The summed E-state index contributed by atoms with van der Waals surface area (Å²) in [4.78, 5) is 30.1. The molecule has 0 unspecified atom stereocenters. The van der Waals surface area contributed by atoms with Crippen molar-refractivity contribution in [2.75, 3.05) is 26.2 Å². The van der Waals surface area contributed by atoms with Crippen molar-refractivity contribution in [1.29, 1.82) is 0 Å². The molecule has 1 aliphatic heterocycles. The molecule has 1 heterocycles. The average molecular weight is 531 g/mol. The first-order valence-electron chi connectivity index (χ1n) is 10.1. The number of carbonyl (C=O) groups is 2. The molecule has 9 heteroatoms. The van der Waals surface area contributed by atoms with E-state index in [9.17, 15) is 9.59 Å². The van der Waals surface area contributed by atoms with Crippen LogP contribution in [0, 0.1) is 0 Å². The Morgan fingerprint density at radius 1 is 1.17 bits per heavy atom. The van der Waals surface area contributed by atoms with Crippen LogP contribution in [0.25, 0.3) is 0 Å². The van der Waals surface area contributed by atoms with Crippen molar-refractivity contribution >= 4 is 41.9 Å². The lowest BCUT2D eigenvalue weighted by Gasteiger charge is -2.40. The van der Waals surface area contributed by atoms with Crippen LogP contribution in [0.5, 0.6) is 0 Å². The number of hydrogen-bond donors (Lipinski definition) is 3. The van der Waals surface area contributed by atoms with Gasteiger partial charge in [0.15, 0.2) is 5.96 Å². The molecule has 1 aromatic carbocycles. The van der Waals surface area contributed by atoms with Gasteiger partial charge in [-0.05, 0) is 33.3 Å². The first-order valence-corrected chi connectivity index (χ1v) is 10.1. The molecule has 0 saturated carbocycles. The van der Waals surface area contributed by atoms with Crippen LogP contribution in [-0.2, 0) is 16.1 Å². The Morgan fingerprint density at radius 2 is 1.83 bits per heavy atom. The highest BCUT2D eigenvalue weighted by molar-refractivity contribution is 14.0. The van der Waals surface area contributed by atoms with E-state index in [4.69, 9.17) is 4.74 Å². The Balaban J connectivity index is 0.00000450. The number of hydrogen-bond acceptors (Lipinski definition) is 4. The summed E-state index contributed by atoms with van der Waals surface area (Å²) in [6.45, 7) is 10.3. The number of nitrogens with zero attached hydrogens (tertiary/aromatic N) is 2. The molecule has 1 aliphatic rings. The molecule has 0 atom stereocenters. The zero-order valence-corrected chi connectivity index (χ0v) is 20.6. The van der Waals surface area contributed by atoms with Crippen LogP contribution >= 0.6 is 24.0 Å². The Bertz CT molecular complexity index is 700. The van der Waals surface area contributed by atoms with Crippen molar-refractivity contribution < 1.29 is 14.3 Å². The summed E-state index contributed by atoms with van der Waals surface area (Å²) in [6.07, 6.45) is 0.0190. The summed E-state index contributed by atoms with van der Waals surface area (Å²) in [5, 5.41) is 9.36. The van der Waals surface area contributed by atoms with E-state index in [1.807, 2.05) is 58.0 Å². The summed E-state index contributed by atoms with van der Waals surface area (Å²) in [5.41, 5.74) is 0.575. The number of benzene rings is 1. The van der Waals surface area contributed by atoms with Crippen LogP contribution in [-0.4, -0.2) is 60.7 Å². The fraction of sp³-hybridized carbons (Fsp3) is 0.571. The summed E-state index contributed by atoms with van der Waals surface area (Å²) >= 11 is 0. The second-order valence-corrected chi connectivity index (χ2v) is 8.00. The number of halogens is 1. The number of nitrogens with one attached hydrogen (secondary N) is 3. The maximum Gasteiger partial charge on any atom is 0.410 e. The molecule has 2 amide bonds. The van der Waals surface area contributed by atoms with Gasteiger partial charge < -0.3 is 25.6 Å². The van der Waals surface area contributed by atoms with Gasteiger partial charge in [0.1, 0.15) is 5.60 Å². The standard InChI is InChI=1S/C21H33N5O3.HI/c1-5-22-19(25-17-14-26(15-17)20(28)29-21(2,3)4)23-12-11-18(27)24-13-16-9-7-6-8-10-16;/h6-10,17H,5,11-15H2,1-4H3,(H,24,27)(H2,22,23,25);1H. The van der Waals surface area contributed by atoms with E-state index in [0.29, 0.717) is 45.1 Å². The number of amides is 2. The van der Waals surface area contributed by atoms with Gasteiger partial charge in [0.25, 0.3) is 0 Å². The first-order chi connectivity index (χ1) is 13.8. The third-order valence-corrected chi connectivity index (χ3v) is 4.16. The zero-order chi connectivity index (χ0) is 21.3. The van der Waals surface area contributed by atoms with E-state index in [1.165, 1.54) is 0 Å². The van der Waals surface area contributed by atoms with Crippen LogP contribution in [0.15, 0.2) is 35.3 Å². The minimum Gasteiger partial charge on any atom is -0.444 e. The van der Waals surface area contributed by atoms with E-state index in [0.717, 1.165) is 5.56 Å². The van der Waals surface area contributed by atoms with E-state index in [1.54, 1.807) is 4.90 Å². The number of carbonyl (C=O) groups excluding carboxylic acids is 2. The molecular formula is C21H34IN5O3. The third kappa shape index (κ3) is 9.64. The van der Waals surface area contributed by atoms with Crippen LogP contribution in [0.2, 0.25) is 0 Å². The smallest absolute Gasteiger partial charge is 0.410 e. The predicted molar refractivity (Wildman–Crippen MR) is 129 cm³/mol. The van der Waals surface area contributed by atoms with Crippen LogP contribution in [0.1, 0.15) is 39.7 Å². The number of likely N-dealkylation sites (tertiary alicyclic amines) is 1. The molecule has 1 aromatic rings. The molecule has 0 bridgehead atoms. The Kier molecular flexibility index (Phi) is 10.9. The van der Waals surface area contributed by atoms with Crippen molar-refractivity contribution in [3.63, 3.8) is 0 Å². The summed E-state index contributed by atoms with van der Waals surface area (Å²) in [6, 6.07) is 9.92. The molecule has 8 nitrogen and oxygen atoms in total. The predicted octanol–water partition coefficient (Wildman–Crippen LogP) is 2.49. The number of guanidine groups is 1. The number of rotatable bonds is 7. The third-order valence-electron chi connectivity index (χ3n) is 4.16. The van der Waals surface area contributed by atoms with Gasteiger partial charge in [-0.2, -0.15) is 0 Å². The van der Waals surface area contributed by atoms with Crippen LogP contribution < -0.4 is 16.0 Å². The summed E-state index contributed by atoms with van der Waals surface area (Å²) in [5.74, 6) is 0.616. The lowest BCUT2D eigenvalue weighted by Crippen LogP contribution is -2.63. The van der Waals surface area contributed by atoms with Crippen molar-refractivity contribution in [2.24, 2.45) is 4.99 Å². The monoisotopic (exact) mass is 531 g/mol. The molecule has 0 aromatic heterocycles. The minimum absolute atomic E-state index is 0. The summed E-state index contributed by atoms with van der Waals surface area (Å²) < 4.78 is 5.36. The topological polar surface area (TPSA) is 95.1 Å². The van der Waals surface area contributed by atoms with Gasteiger partial charge in [-0.1, -0.05) is 30.3 Å². The van der Waals surface area contributed by atoms with E-state index >= 15 is 0 Å². The Morgan fingerprint density at radius 3 is 2.43 bits per heavy atom. The number of aliphatic imine (C=N–C) groups is 1. The largest absolute Gasteiger partial charge is 0.444 e. The lowest BCUT2D eigenvalue weighted by molar-refractivity contribution is -0.121. The zero-order valence-electron chi connectivity index (χ0n) is 18.2. The van der Waals surface area contributed by atoms with Crippen molar-refractivity contribution in [3.8, 4) is 0 Å². The van der Waals surface area contributed by atoms with Crippen molar-refractivity contribution in [2.45, 2.75) is 52.3 Å². The van der Waals surface area contributed by atoms with E-state index < -0.39 is 5.60 Å². The molecule has 0 aliphatic carbocycles. The normalized spacial score (nSPS) is 14.3. The molecule has 30 heavy (non-hydrogen) atoms. The summed E-state index contributed by atoms with van der Waals surface area (Å²) in [7, 11) is 0. The molecule has 1 saturated heterocycles. The quantitative estimate of drug-likeness (QED) is 0.286. The second-order valence-electron chi connectivity index (χ2n) is 8.00. The molecule has 0 radical (unpaired) electrons. The van der Waals surface area contributed by atoms with Crippen LogP contribution in [0.3, 0.4) is 0 Å². The highest BCUT2D eigenvalue weighted by Crippen LogP contribution is 2.15. The molecule has 3 N–H and O–H groups in total. The van der Waals surface area contributed by atoms with E-state index in [2.05, 4.69) is 20.9 Å². The van der Waals surface area contributed by atoms with Gasteiger partial charge in [0.2, 0.25) is 5.91 Å². The van der Waals surface area contributed by atoms with Gasteiger partial charge >= 0.3 is 6.09 Å². The lowest BCUT2D eigenvalue weighted by atomic mass is 10.1. The highest BCUT2D eigenvalue weighted by atomic mass is 127.